The third kappa shape index (κ3) is 2.33. The first kappa shape index (κ1) is 12.9. The van der Waals surface area contributed by atoms with Crippen LogP contribution in [0.3, 0.4) is 0 Å². The standard InChI is InChI=1S/C12H12F3NO2/c1-6-9(4-5-18-6)16-12(17)10-7(13)2-3-8(14)11(10)15/h2-3,6,9H,4-5H2,1H3,(H,16,17). The molecule has 1 heterocycles. The van der Waals surface area contributed by atoms with Gasteiger partial charge in [0.25, 0.3) is 5.91 Å². The van der Waals surface area contributed by atoms with Crippen LogP contribution >= 0.6 is 0 Å². The summed E-state index contributed by atoms with van der Waals surface area (Å²) in [6.07, 6.45) is 0.333. The van der Waals surface area contributed by atoms with E-state index in [2.05, 4.69) is 5.32 Å². The molecule has 0 spiro atoms. The summed E-state index contributed by atoms with van der Waals surface area (Å²) in [5.74, 6) is -4.78. The van der Waals surface area contributed by atoms with E-state index in [1.165, 1.54) is 0 Å². The maximum Gasteiger partial charge on any atom is 0.257 e. The normalized spacial score (nSPS) is 23.1. The van der Waals surface area contributed by atoms with Crippen molar-refractivity contribution in [2.24, 2.45) is 0 Å². The smallest absolute Gasteiger partial charge is 0.257 e. The van der Waals surface area contributed by atoms with Crippen LogP contribution in [0.25, 0.3) is 0 Å². The molecule has 1 aliphatic rings. The number of carbonyl (C=O) groups excluding carboxylic acids is 1. The number of ether oxygens (including phenoxy) is 1. The van der Waals surface area contributed by atoms with Gasteiger partial charge in [-0.2, -0.15) is 0 Å². The van der Waals surface area contributed by atoms with E-state index in [-0.39, 0.29) is 12.1 Å². The van der Waals surface area contributed by atoms with Crippen LogP contribution in [0.15, 0.2) is 12.1 Å². The van der Waals surface area contributed by atoms with Gasteiger partial charge < -0.3 is 10.1 Å². The SMILES string of the molecule is CC1OCCC1NC(=O)c1c(F)ccc(F)c1F. The van der Waals surface area contributed by atoms with E-state index in [1.54, 1.807) is 6.92 Å². The molecule has 1 N–H and O–H groups in total. The number of benzene rings is 1. The second-order valence-corrected chi connectivity index (χ2v) is 4.16. The molecule has 2 rings (SSSR count). The lowest BCUT2D eigenvalue weighted by atomic mass is 10.1. The van der Waals surface area contributed by atoms with Crippen LogP contribution in [0.2, 0.25) is 0 Å². The van der Waals surface area contributed by atoms with Gasteiger partial charge in [-0.3, -0.25) is 4.79 Å². The van der Waals surface area contributed by atoms with Crippen LogP contribution in [0.5, 0.6) is 0 Å². The maximum absolute atomic E-state index is 13.4. The molecule has 1 fully saturated rings. The van der Waals surface area contributed by atoms with Crippen LogP contribution < -0.4 is 5.32 Å². The third-order valence-electron chi connectivity index (χ3n) is 2.96. The first-order valence-electron chi connectivity index (χ1n) is 5.56. The summed E-state index contributed by atoms with van der Waals surface area (Å²) < 4.78 is 44.9. The van der Waals surface area contributed by atoms with Crippen molar-refractivity contribution in [3.05, 3.63) is 35.1 Å². The lowest BCUT2D eigenvalue weighted by Gasteiger charge is -2.16. The van der Waals surface area contributed by atoms with Gasteiger partial charge in [-0.05, 0) is 25.5 Å². The van der Waals surface area contributed by atoms with E-state index < -0.39 is 28.9 Å². The van der Waals surface area contributed by atoms with Gasteiger partial charge in [0.1, 0.15) is 11.4 Å². The Bertz CT molecular complexity index is 479. The summed E-state index contributed by atoms with van der Waals surface area (Å²) >= 11 is 0. The first-order chi connectivity index (χ1) is 8.50. The molecule has 3 nitrogen and oxygen atoms in total. The van der Waals surface area contributed by atoms with Crippen LogP contribution in [-0.4, -0.2) is 24.7 Å². The van der Waals surface area contributed by atoms with E-state index in [0.29, 0.717) is 19.1 Å². The van der Waals surface area contributed by atoms with Gasteiger partial charge in [0.05, 0.1) is 12.1 Å². The summed E-state index contributed by atoms with van der Waals surface area (Å²) in [7, 11) is 0. The highest BCUT2D eigenvalue weighted by Crippen LogP contribution is 2.18. The fraction of sp³-hybridized carbons (Fsp3) is 0.417. The highest BCUT2D eigenvalue weighted by molar-refractivity contribution is 5.95. The number of carbonyl (C=O) groups is 1. The molecule has 0 aliphatic carbocycles. The largest absolute Gasteiger partial charge is 0.376 e. The van der Waals surface area contributed by atoms with Crippen LogP contribution in [0, 0.1) is 17.5 Å². The summed E-state index contributed by atoms with van der Waals surface area (Å²) in [5, 5.41) is 2.44. The number of rotatable bonds is 2. The molecule has 1 amide bonds. The number of hydrogen-bond donors (Lipinski definition) is 1. The average Bonchev–Trinajstić information content (AvgIpc) is 2.70. The molecular formula is C12H12F3NO2. The molecule has 1 aromatic rings. The molecule has 98 valence electrons. The van der Waals surface area contributed by atoms with Gasteiger partial charge in [-0.1, -0.05) is 0 Å². The van der Waals surface area contributed by atoms with Crippen molar-refractivity contribution < 1.29 is 22.7 Å². The van der Waals surface area contributed by atoms with E-state index in [1.807, 2.05) is 0 Å². The topological polar surface area (TPSA) is 38.3 Å². The number of amides is 1. The zero-order chi connectivity index (χ0) is 13.3. The second-order valence-electron chi connectivity index (χ2n) is 4.16. The molecule has 18 heavy (non-hydrogen) atoms. The molecule has 2 atom stereocenters. The molecule has 1 saturated heterocycles. The predicted octanol–water partition coefficient (Wildman–Crippen LogP) is 2.01. The van der Waals surface area contributed by atoms with Crippen LogP contribution in [0.1, 0.15) is 23.7 Å². The highest BCUT2D eigenvalue weighted by atomic mass is 19.2. The molecule has 6 heteroatoms. The zero-order valence-corrected chi connectivity index (χ0v) is 9.67. The van der Waals surface area contributed by atoms with Gasteiger partial charge in [-0.25, -0.2) is 13.2 Å². The molecule has 1 aromatic carbocycles. The fourth-order valence-electron chi connectivity index (χ4n) is 1.90. The molecule has 0 bridgehead atoms. The van der Waals surface area contributed by atoms with E-state index in [4.69, 9.17) is 4.74 Å². The van der Waals surface area contributed by atoms with Crippen LogP contribution in [0.4, 0.5) is 13.2 Å². The van der Waals surface area contributed by atoms with E-state index in [9.17, 15) is 18.0 Å². The summed E-state index contributed by atoms with van der Waals surface area (Å²) in [6, 6.07) is 1.05. The van der Waals surface area contributed by atoms with E-state index >= 15 is 0 Å². The van der Waals surface area contributed by atoms with Crippen molar-refractivity contribution in [2.45, 2.75) is 25.5 Å². The van der Waals surface area contributed by atoms with Crippen molar-refractivity contribution in [2.75, 3.05) is 6.61 Å². The number of hydrogen-bond acceptors (Lipinski definition) is 2. The lowest BCUT2D eigenvalue weighted by molar-refractivity contribution is 0.0858. The minimum absolute atomic E-state index is 0.228. The van der Waals surface area contributed by atoms with Gasteiger partial charge >= 0.3 is 0 Å². The minimum Gasteiger partial charge on any atom is -0.376 e. The molecule has 2 unspecified atom stereocenters. The van der Waals surface area contributed by atoms with Gasteiger partial charge in [0.15, 0.2) is 11.6 Å². The minimum atomic E-state index is -1.47. The van der Waals surface area contributed by atoms with Crippen molar-refractivity contribution in [1.82, 2.24) is 5.32 Å². The Morgan fingerprint density at radius 2 is 2.00 bits per heavy atom. The lowest BCUT2D eigenvalue weighted by Crippen LogP contribution is -2.40. The van der Waals surface area contributed by atoms with Crippen molar-refractivity contribution in [3.8, 4) is 0 Å². The Morgan fingerprint density at radius 1 is 1.33 bits per heavy atom. The predicted molar refractivity (Wildman–Crippen MR) is 57.6 cm³/mol. The Labute approximate surface area is 102 Å². The van der Waals surface area contributed by atoms with Crippen molar-refractivity contribution in [1.29, 1.82) is 0 Å². The van der Waals surface area contributed by atoms with Gasteiger partial charge in [0.2, 0.25) is 0 Å². The molecule has 0 radical (unpaired) electrons. The fourth-order valence-corrected chi connectivity index (χ4v) is 1.90. The monoisotopic (exact) mass is 259 g/mol. The molecule has 0 saturated carbocycles. The second kappa shape index (κ2) is 4.97. The summed E-state index contributed by atoms with van der Waals surface area (Å²) in [5.41, 5.74) is -0.894. The Balaban J connectivity index is 2.21. The Morgan fingerprint density at radius 3 is 2.61 bits per heavy atom. The van der Waals surface area contributed by atoms with E-state index in [0.717, 1.165) is 6.07 Å². The molecular weight excluding hydrogens is 247 g/mol. The first-order valence-corrected chi connectivity index (χ1v) is 5.56. The Hall–Kier alpha value is -1.56. The number of halogens is 3. The van der Waals surface area contributed by atoms with Crippen LogP contribution in [-0.2, 0) is 4.74 Å². The van der Waals surface area contributed by atoms with Crippen molar-refractivity contribution >= 4 is 5.91 Å². The summed E-state index contributed by atoms with van der Waals surface area (Å²) in [4.78, 5) is 11.7. The average molecular weight is 259 g/mol. The quantitative estimate of drug-likeness (QED) is 0.825. The zero-order valence-electron chi connectivity index (χ0n) is 9.67. The van der Waals surface area contributed by atoms with Crippen molar-refractivity contribution in [3.63, 3.8) is 0 Å². The Kier molecular flexibility index (Phi) is 3.56. The molecule has 0 aromatic heterocycles. The number of nitrogens with one attached hydrogen (secondary N) is 1. The van der Waals surface area contributed by atoms with Gasteiger partial charge in [0, 0.05) is 6.61 Å². The highest BCUT2D eigenvalue weighted by Gasteiger charge is 2.28. The maximum atomic E-state index is 13.4. The molecule has 1 aliphatic heterocycles. The van der Waals surface area contributed by atoms with Gasteiger partial charge in [-0.15, -0.1) is 0 Å². The summed E-state index contributed by atoms with van der Waals surface area (Å²) in [6.45, 7) is 2.22. The third-order valence-corrected chi connectivity index (χ3v) is 2.96.